The molecule has 0 saturated heterocycles. The van der Waals surface area contributed by atoms with Gasteiger partial charge in [-0.15, -0.1) is 0 Å². The lowest BCUT2D eigenvalue weighted by Crippen LogP contribution is -2.28. The molecule has 2 nitrogen and oxygen atoms in total. The normalized spacial score (nSPS) is 12.7. The van der Waals surface area contributed by atoms with Crippen molar-refractivity contribution in [3.8, 4) is 33.4 Å². The van der Waals surface area contributed by atoms with E-state index in [0.717, 1.165) is 39.0 Å². The minimum absolute atomic E-state index is 0.487. The molecule has 2 heteroatoms. The minimum atomic E-state index is -0.487. The summed E-state index contributed by atoms with van der Waals surface area (Å²) in [7, 11) is 0. The van der Waals surface area contributed by atoms with Crippen molar-refractivity contribution in [2.45, 2.75) is 5.41 Å². The number of furan rings is 1. The largest absolute Gasteiger partial charge is 0.456 e. The highest BCUT2D eigenvalue weighted by molar-refractivity contribution is 6.06. The smallest absolute Gasteiger partial charge is 0.137 e. The van der Waals surface area contributed by atoms with E-state index >= 15 is 0 Å². The van der Waals surface area contributed by atoms with Gasteiger partial charge in [-0.1, -0.05) is 176 Å². The molecule has 0 N–H and O–H groups in total. The molecule has 0 fully saturated rings. The molecule has 0 aliphatic heterocycles. The number of hydrogen-bond acceptors (Lipinski definition) is 2. The summed E-state index contributed by atoms with van der Waals surface area (Å²) in [6.45, 7) is 0. The quantitative estimate of drug-likeness (QED) is 0.163. The second-order valence-corrected chi connectivity index (χ2v) is 14.9. The van der Waals surface area contributed by atoms with Crippen molar-refractivity contribution in [1.82, 2.24) is 0 Å². The zero-order valence-corrected chi connectivity index (χ0v) is 31.2. The van der Waals surface area contributed by atoms with Gasteiger partial charge >= 0.3 is 0 Å². The van der Waals surface area contributed by atoms with E-state index in [-0.39, 0.29) is 0 Å². The number of fused-ring (bicyclic) bond motifs is 6. The third-order valence-electron chi connectivity index (χ3n) is 11.8. The van der Waals surface area contributed by atoms with E-state index in [0.29, 0.717) is 0 Å². The van der Waals surface area contributed by atoms with Crippen molar-refractivity contribution in [2.75, 3.05) is 4.90 Å². The van der Waals surface area contributed by atoms with Gasteiger partial charge in [-0.05, 0) is 98.1 Å². The molecule has 0 bridgehead atoms. The van der Waals surface area contributed by atoms with Gasteiger partial charge in [0.05, 0.1) is 5.41 Å². The van der Waals surface area contributed by atoms with Crippen LogP contribution in [0.4, 0.5) is 17.1 Å². The van der Waals surface area contributed by atoms with Crippen molar-refractivity contribution < 1.29 is 4.42 Å². The SMILES string of the molecule is c1ccc(-c2ccc(N(c3cccc(-c4ccccc4)c3)c3ccc4c(c3)oc3cc(C5(c6ccccc6)c6ccccc6-c6ccccc65)ccc34)cc2)cc1. The first kappa shape index (κ1) is 33.0. The van der Waals surface area contributed by atoms with Crippen molar-refractivity contribution in [3.05, 3.63) is 247 Å². The van der Waals surface area contributed by atoms with Crippen LogP contribution in [0.25, 0.3) is 55.3 Å². The van der Waals surface area contributed by atoms with Gasteiger partial charge in [-0.3, -0.25) is 0 Å². The fraction of sp³-hybridized carbons (Fsp3) is 0.0182. The van der Waals surface area contributed by atoms with Gasteiger partial charge in [0.25, 0.3) is 0 Å². The maximum Gasteiger partial charge on any atom is 0.137 e. The Morgan fingerprint density at radius 3 is 1.47 bits per heavy atom. The predicted molar refractivity (Wildman–Crippen MR) is 237 cm³/mol. The van der Waals surface area contributed by atoms with E-state index in [2.05, 4.69) is 229 Å². The number of anilines is 3. The highest BCUT2D eigenvalue weighted by atomic mass is 16.3. The zero-order chi connectivity index (χ0) is 37.8. The molecule has 1 heterocycles. The van der Waals surface area contributed by atoms with Gasteiger partial charge in [0.1, 0.15) is 11.2 Å². The topological polar surface area (TPSA) is 16.4 Å². The molecule has 0 unspecified atom stereocenters. The summed E-state index contributed by atoms with van der Waals surface area (Å²) in [5, 5.41) is 2.20. The fourth-order valence-corrected chi connectivity index (χ4v) is 9.19. The third-order valence-corrected chi connectivity index (χ3v) is 11.8. The summed E-state index contributed by atoms with van der Waals surface area (Å²) in [5.41, 5.74) is 16.7. The van der Waals surface area contributed by atoms with E-state index < -0.39 is 5.41 Å². The first-order valence-corrected chi connectivity index (χ1v) is 19.6. The molecule has 9 aromatic carbocycles. The molecule has 0 spiro atoms. The van der Waals surface area contributed by atoms with Crippen molar-refractivity contribution >= 4 is 39.0 Å². The fourth-order valence-electron chi connectivity index (χ4n) is 9.19. The Balaban J connectivity index is 1.07. The summed E-state index contributed by atoms with van der Waals surface area (Å²) in [6.07, 6.45) is 0. The molecule has 0 amide bonds. The van der Waals surface area contributed by atoms with Gasteiger partial charge in [0, 0.05) is 33.9 Å². The minimum Gasteiger partial charge on any atom is -0.456 e. The van der Waals surface area contributed by atoms with Crippen molar-refractivity contribution in [1.29, 1.82) is 0 Å². The maximum atomic E-state index is 6.92. The molecular formula is C55H37NO. The van der Waals surface area contributed by atoms with Crippen molar-refractivity contribution in [2.24, 2.45) is 0 Å². The maximum absolute atomic E-state index is 6.92. The molecule has 0 radical (unpaired) electrons. The van der Waals surface area contributed by atoms with Gasteiger partial charge in [0.15, 0.2) is 0 Å². The second-order valence-electron chi connectivity index (χ2n) is 14.9. The standard InChI is InChI=1S/C55H37NO/c1-4-15-38(16-5-1)40-27-30-44(31-28-40)56(45-22-14-19-41(35-45)39-17-6-2-7-18-39)46-32-34-50-49-33-29-43(36-53(49)57-54(50)37-46)55(42-20-8-3-9-21-42)51-25-12-10-23-47(51)48-24-11-13-26-52(48)55/h1-37H. The van der Waals surface area contributed by atoms with E-state index in [1.165, 1.54) is 55.6 Å². The molecule has 1 aliphatic carbocycles. The average molecular weight is 728 g/mol. The van der Waals surface area contributed by atoms with Crippen LogP contribution in [0.5, 0.6) is 0 Å². The van der Waals surface area contributed by atoms with Crippen LogP contribution in [0.3, 0.4) is 0 Å². The Hall–Kier alpha value is -7.42. The lowest BCUT2D eigenvalue weighted by molar-refractivity contribution is 0.665. The van der Waals surface area contributed by atoms with Crippen LogP contribution >= 0.6 is 0 Å². The number of benzene rings is 9. The van der Waals surface area contributed by atoms with Crippen LogP contribution in [0, 0.1) is 0 Å². The van der Waals surface area contributed by atoms with Gasteiger partial charge in [0.2, 0.25) is 0 Å². The molecule has 11 rings (SSSR count). The van der Waals surface area contributed by atoms with Crippen LogP contribution in [0.1, 0.15) is 22.3 Å². The van der Waals surface area contributed by atoms with Crippen LogP contribution in [0.2, 0.25) is 0 Å². The van der Waals surface area contributed by atoms with Crippen molar-refractivity contribution in [3.63, 3.8) is 0 Å². The van der Waals surface area contributed by atoms with Gasteiger partial charge in [-0.25, -0.2) is 0 Å². The van der Waals surface area contributed by atoms with E-state index in [1.54, 1.807) is 0 Å². The molecular weight excluding hydrogens is 691 g/mol. The summed E-state index contributed by atoms with van der Waals surface area (Å²) in [6, 6.07) is 80.9. The van der Waals surface area contributed by atoms with Crippen LogP contribution in [-0.2, 0) is 5.41 Å². The Morgan fingerprint density at radius 2 is 0.807 bits per heavy atom. The molecule has 0 saturated carbocycles. The number of nitrogens with zero attached hydrogens (tertiary/aromatic N) is 1. The summed E-state index contributed by atoms with van der Waals surface area (Å²) in [5.74, 6) is 0. The van der Waals surface area contributed by atoms with E-state index in [9.17, 15) is 0 Å². The Morgan fingerprint density at radius 1 is 0.316 bits per heavy atom. The Bertz CT molecular complexity index is 3010. The lowest BCUT2D eigenvalue weighted by atomic mass is 9.67. The Kier molecular flexibility index (Phi) is 7.75. The molecule has 268 valence electrons. The first-order chi connectivity index (χ1) is 28.3. The molecule has 1 aliphatic rings. The lowest BCUT2D eigenvalue weighted by Gasteiger charge is -2.33. The second kappa shape index (κ2) is 13.4. The van der Waals surface area contributed by atoms with Crippen LogP contribution in [-0.4, -0.2) is 0 Å². The average Bonchev–Trinajstić information content (AvgIpc) is 3.81. The van der Waals surface area contributed by atoms with E-state index in [1.807, 2.05) is 0 Å². The Labute approximate surface area is 332 Å². The number of rotatable bonds is 7. The highest BCUT2D eigenvalue weighted by Gasteiger charge is 2.46. The molecule has 0 atom stereocenters. The summed E-state index contributed by atoms with van der Waals surface area (Å²) in [4.78, 5) is 2.33. The molecule has 1 aromatic heterocycles. The monoisotopic (exact) mass is 727 g/mol. The molecule has 57 heavy (non-hydrogen) atoms. The van der Waals surface area contributed by atoms with Gasteiger partial charge in [-0.2, -0.15) is 0 Å². The first-order valence-electron chi connectivity index (χ1n) is 19.6. The third kappa shape index (κ3) is 5.33. The van der Waals surface area contributed by atoms with Gasteiger partial charge < -0.3 is 9.32 Å². The predicted octanol–water partition coefficient (Wildman–Crippen LogP) is 14.8. The van der Waals surface area contributed by atoms with Crippen LogP contribution in [0.15, 0.2) is 229 Å². The molecule has 10 aromatic rings. The summed E-state index contributed by atoms with van der Waals surface area (Å²) >= 11 is 0. The van der Waals surface area contributed by atoms with E-state index in [4.69, 9.17) is 4.42 Å². The number of hydrogen-bond donors (Lipinski definition) is 0. The zero-order valence-electron chi connectivity index (χ0n) is 31.2. The van der Waals surface area contributed by atoms with Crippen LogP contribution < -0.4 is 4.90 Å². The highest BCUT2D eigenvalue weighted by Crippen LogP contribution is 2.56. The summed E-state index contributed by atoms with van der Waals surface area (Å²) < 4.78 is 6.92.